The minimum atomic E-state index is 0.210. The Morgan fingerprint density at radius 3 is 2.44 bits per heavy atom. The number of piperidine rings is 1. The number of carbonyl (C=O) groups excluding carboxylic acids is 1. The number of nitrogens with zero attached hydrogens (tertiary/aromatic N) is 1. The summed E-state index contributed by atoms with van der Waals surface area (Å²) in [6, 6.07) is 0. The fraction of sp³-hybridized carbons (Fsp3) is 0.933. The topological polar surface area (TPSA) is 20.3 Å². The van der Waals surface area contributed by atoms with Gasteiger partial charge in [-0.3, -0.25) is 4.79 Å². The lowest BCUT2D eigenvalue weighted by Gasteiger charge is -2.42. The molecule has 1 aliphatic heterocycles. The fourth-order valence-corrected chi connectivity index (χ4v) is 4.13. The molecule has 0 spiro atoms. The van der Waals surface area contributed by atoms with E-state index in [1.54, 1.807) is 0 Å². The second-order valence-corrected chi connectivity index (χ2v) is 7.36. The van der Waals surface area contributed by atoms with Crippen LogP contribution in [-0.4, -0.2) is 29.2 Å². The van der Waals surface area contributed by atoms with Gasteiger partial charge in [-0.25, -0.2) is 0 Å². The predicted octanol–water partition coefficient (Wildman–Crippen LogP) is 3.84. The zero-order valence-corrected chi connectivity index (χ0v) is 13.3. The molecule has 0 radical (unpaired) electrons. The summed E-state index contributed by atoms with van der Waals surface area (Å²) in [5.74, 6) is 1.48. The van der Waals surface area contributed by atoms with E-state index in [9.17, 15) is 4.79 Å². The van der Waals surface area contributed by atoms with Crippen molar-refractivity contribution in [3.63, 3.8) is 0 Å². The Balaban J connectivity index is 1.95. The molecule has 0 aromatic heterocycles. The molecule has 0 N–H and O–H groups in total. The van der Waals surface area contributed by atoms with E-state index in [0.29, 0.717) is 5.91 Å². The number of carbonyl (C=O) groups is 1. The molecule has 2 rings (SSSR count). The SMILES string of the molecule is CC1(C)CCCCC1C(=O)N1CCC(CBr)CC1. The normalized spacial score (nSPS) is 29.3. The Kier molecular flexibility index (Phi) is 4.74. The van der Waals surface area contributed by atoms with Crippen molar-refractivity contribution in [2.75, 3.05) is 18.4 Å². The van der Waals surface area contributed by atoms with E-state index >= 15 is 0 Å². The minimum absolute atomic E-state index is 0.210. The molecule has 1 saturated carbocycles. The summed E-state index contributed by atoms with van der Waals surface area (Å²) < 4.78 is 0. The first kappa shape index (κ1) is 14.4. The Morgan fingerprint density at radius 1 is 1.22 bits per heavy atom. The van der Waals surface area contributed by atoms with Gasteiger partial charge in [-0.15, -0.1) is 0 Å². The van der Waals surface area contributed by atoms with Crippen LogP contribution in [0.1, 0.15) is 52.4 Å². The van der Waals surface area contributed by atoms with Crippen LogP contribution in [0.3, 0.4) is 0 Å². The number of rotatable bonds is 2. The number of alkyl halides is 1. The smallest absolute Gasteiger partial charge is 0.226 e. The number of amides is 1. The van der Waals surface area contributed by atoms with Gasteiger partial charge in [-0.1, -0.05) is 42.6 Å². The zero-order chi connectivity index (χ0) is 13.2. The lowest BCUT2D eigenvalue weighted by Crippen LogP contribution is -2.46. The highest BCUT2D eigenvalue weighted by atomic mass is 79.9. The van der Waals surface area contributed by atoms with Crippen molar-refractivity contribution in [2.24, 2.45) is 17.3 Å². The molecule has 1 heterocycles. The number of hydrogen-bond donors (Lipinski definition) is 0. The summed E-state index contributed by atoms with van der Waals surface area (Å²) >= 11 is 3.56. The Bertz CT molecular complexity index is 295. The Morgan fingerprint density at radius 2 is 1.89 bits per heavy atom. The molecule has 0 bridgehead atoms. The first-order valence-corrected chi connectivity index (χ1v) is 8.51. The minimum Gasteiger partial charge on any atom is -0.342 e. The van der Waals surface area contributed by atoms with Crippen molar-refractivity contribution in [1.29, 1.82) is 0 Å². The average molecular weight is 316 g/mol. The highest BCUT2D eigenvalue weighted by Crippen LogP contribution is 2.41. The van der Waals surface area contributed by atoms with Crippen LogP contribution in [0.25, 0.3) is 0 Å². The highest BCUT2D eigenvalue weighted by Gasteiger charge is 2.39. The van der Waals surface area contributed by atoms with Crippen LogP contribution >= 0.6 is 15.9 Å². The maximum Gasteiger partial charge on any atom is 0.226 e. The molecule has 18 heavy (non-hydrogen) atoms. The quantitative estimate of drug-likeness (QED) is 0.709. The molecule has 0 aromatic rings. The van der Waals surface area contributed by atoms with Gasteiger partial charge in [0.1, 0.15) is 0 Å². The Labute approximate surface area is 120 Å². The molecule has 2 nitrogen and oxygen atoms in total. The summed E-state index contributed by atoms with van der Waals surface area (Å²) in [5, 5.41) is 1.09. The van der Waals surface area contributed by atoms with Crippen molar-refractivity contribution in [1.82, 2.24) is 4.90 Å². The standard InChI is InChI=1S/C15H26BrNO/c1-15(2)8-4-3-5-13(15)14(18)17-9-6-12(11-16)7-10-17/h12-13H,3-11H2,1-2H3. The molecule has 2 fully saturated rings. The molecular formula is C15H26BrNO. The second-order valence-electron chi connectivity index (χ2n) is 6.71. The number of likely N-dealkylation sites (tertiary alicyclic amines) is 1. The van der Waals surface area contributed by atoms with E-state index in [0.717, 1.165) is 30.8 Å². The maximum absolute atomic E-state index is 12.7. The third kappa shape index (κ3) is 3.09. The van der Waals surface area contributed by atoms with E-state index in [4.69, 9.17) is 0 Å². The molecule has 1 saturated heterocycles. The molecule has 1 unspecified atom stereocenters. The summed E-state index contributed by atoms with van der Waals surface area (Å²) in [4.78, 5) is 14.8. The first-order valence-electron chi connectivity index (χ1n) is 7.39. The molecule has 104 valence electrons. The van der Waals surface area contributed by atoms with Gasteiger partial charge in [0.2, 0.25) is 5.91 Å². The van der Waals surface area contributed by atoms with Crippen LogP contribution < -0.4 is 0 Å². The van der Waals surface area contributed by atoms with Crippen molar-refractivity contribution >= 4 is 21.8 Å². The van der Waals surface area contributed by atoms with E-state index in [2.05, 4.69) is 34.7 Å². The summed E-state index contributed by atoms with van der Waals surface area (Å²) in [6.07, 6.45) is 7.18. The van der Waals surface area contributed by atoms with E-state index in [-0.39, 0.29) is 11.3 Å². The number of hydrogen-bond acceptors (Lipinski definition) is 1. The van der Waals surface area contributed by atoms with Crippen molar-refractivity contribution in [2.45, 2.75) is 52.4 Å². The molecule has 1 amide bonds. The van der Waals surface area contributed by atoms with Gasteiger partial charge in [0, 0.05) is 24.3 Å². The highest BCUT2D eigenvalue weighted by molar-refractivity contribution is 9.09. The molecular weight excluding hydrogens is 290 g/mol. The van der Waals surface area contributed by atoms with Gasteiger partial charge in [0.15, 0.2) is 0 Å². The van der Waals surface area contributed by atoms with Gasteiger partial charge in [-0.2, -0.15) is 0 Å². The van der Waals surface area contributed by atoms with Crippen LogP contribution in [0.2, 0.25) is 0 Å². The number of halogens is 1. The van der Waals surface area contributed by atoms with Gasteiger partial charge >= 0.3 is 0 Å². The lowest BCUT2D eigenvalue weighted by molar-refractivity contribution is -0.142. The van der Waals surface area contributed by atoms with Gasteiger partial charge in [-0.05, 0) is 37.0 Å². The van der Waals surface area contributed by atoms with Crippen LogP contribution in [-0.2, 0) is 4.79 Å². The van der Waals surface area contributed by atoms with Gasteiger partial charge in [0.05, 0.1) is 0 Å². The average Bonchev–Trinajstić information content (AvgIpc) is 2.37. The molecule has 0 aromatic carbocycles. The first-order chi connectivity index (χ1) is 8.54. The largest absolute Gasteiger partial charge is 0.342 e. The summed E-state index contributed by atoms with van der Waals surface area (Å²) in [5.41, 5.74) is 0.210. The van der Waals surface area contributed by atoms with Gasteiger partial charge in [0.25, 0.3) is 0 Å². The second kappa shape index (κ2) is 5.94. The van der Waals surface area contributed by atoms with E-state index < -0.39 is 0 Å². The van der Waals surface area contributed by atoms with Crippen molar-refractivity contribution < 1.29 is 4.79 Å². The molecule has 1 aliphatic carbocycles. The van der Waals surface area contributed by atoms with E-state index in [1.807, 2.05) is 0 Å². The molecule has 1 atom stereocenters. The van der Waals surface area contributed by atoms with Crippen LogP contribution in [0.4, 0.5) is 0 Å². The van der Waals surface area contributed by atoms with E-state index in [1.165, 1.54) is 32.1 Å². The molecule has 2 aliphatic rings. The third-order valence-corrected chi connectivity index (χ3v) is 5.87. The predicted molar refractivity (Wildman–Crippen MR) is 78.8 cm³/mol. The monoisotopic (exact) mass is 315 g/mol. The van der Waals surface area contributed by atoms with Crippen LogP contribution in [0.5, 0.6) is 0 Å². The van der Waals surface area contributed by atoms with Crippen molar-refractivity contribution in [3.05, 3.63) is 0 Å². The fourth-order valence-electron chi connectivity index (χ4n) is 3.48. The van der Waals surface area contributed by atoms with Gasteiger partial charge < -0.3 is 4.90 Å². The summed E-state index contributed by atoms with van der Waals surface area (Å²) in [7, 11) is 0. The Hall–Kier alpha value is -0.0500. The summed E-state index contributed by atoms with van der Waals surface area (Å²) in [6.45, 7) is 6.50. The lowest BCUT2D eigenvalue weighted by atomic mass is 9.68. The third-order valence-electron chi connectivity index (χ3n) is 4.95. The molecule has 3 heteroatoms. The van der Waals surface area contributed by atoms with Crippen molar-refractivity contribution in [3.8, 4) is 0 Å². The van der Waals surface area contributed by atoms with Crippen LogP contribution in [0.15, 0.2) is 0 Å². The maximum atomic E-state index is 12.7. The zero-order valence-electron chi connectivity index (χ0n) is 11.8. The van der Waals surface area contributed by atoms with Crippen LogP contribution in [0, 0.1) is 17.3 Å².